The van der Waals surface area contributed by atoms with Crippen LogP contribution in [0.5, 0.6) is 0 Å². The predicted octanol–water partition coefficient (Wildman–Crippen LogP) is 4.61. The van der Waals surface area contributed by atoms with Crippen LogP contribution < -0.4 is 10.2 Å². The first-order valence-corrected chi connectivity index (χ1v) is 9.93. The number of fused-ring (bicyclic) bond motifs is 1. The van der Waals surface area contributed by atoms with Gasteiger partial charge in [-0.2, -0.15) is 0 Å². The monoisotopic (exact) mass is 415 g/mol. The first-order chi connectivity index (χ1) is 14.9. The summed E-state index contributed by atoms with van der Waals surface area (Å²) in [6.45, 7) is 0. The highest BCUT2D eigenvalue weighted by Gasteiger charge is 2.20. The molecule has 0 fully saturated rings. The van der Waals surface area contributed by atoms with Crippen molar-refractivity contribution >= 4 is 34.2 Å². The molecule has 6 heteroatoms. The van der Waals surface area contributed by atoms with Gasteiger partial charge in [0.1, 0.15) is 0 Å². The van der Waals surface area contributed by atoms with Crippen molar-refractivity contribution in [2.24, 2.45) is 0 Å². The maximum absolute atomic E-state index is 13.1. The number of carboxylic acid groups (broad SMARTS) is 1. The number of carbonyl (C=O) groups excluding carboxylic acids is 1. The van der Waals surface area contributed by atoms with Crippen LogP contribution in [0.3, 0.4) is 0 Å². The van der Waals surface area contributed by atoms with Gasteiger partial charge in [0.25, 0.3) is 0 Å². The SMILES string of the molecule is CN(C)c1ccc([C@H](CC=CC=CC(=O)O)C(=O)Nc2cnc3ccccc3c2)cc1. The fraction of sp³-hybridized carbons (Fsp3) is 0.160. The lowest BCUT2D eigenvalue weighted by atomic mass is 9.94. The minimum atomic E-state index is -1.01. The number of benzene rings is 2. The Labute approximate surface area is 181 Å². The van der Waals surface area contributed by atoms with Crippen LogP contribution in [0.25, 0.3) is 10.9 Å². The molecule has 1 aromatic heterocycles. The van der Waals surface area contributed by atoms with Gasteiger partial charge in [-0.3, -0.25) is 9.78 Å². The van der Waals surface area contributed by atoms with Crippen LogP contribution in [0, 0.1) is 0 Å². The molecule has 0 aliphatic carbocycles. The van der Waals surface area contributed by atoms with E-state index in [9.17, 15) is 9.59 Å². The first kappa shape index (κ1) is 21.8. The smallest absolute Gasteiger partial charge is 0.328 e. The average Bonchev–Trinajstić information content (AvgIpc) is 2.76. The molecule has 6 nitrogen and oxygen atoms in total. The summed E-state index contributed by atoms with van der Waals surface area (Å²) in [5, 5.41) is 12.6. The average molecular weight is 415 g/mol. The van der Waals surface area contributed by atoms with E-state index in [1.54, 1.807) is 18.3 Å². The highest BCUT2D eigenvalue weighted by molar-refractivity contribution is 5.97. The van der Waals surface area contributed by atoms with Crippen LogP contribution in [0.1, 0.15) is 17.9 Å². The Morgan fingerprint density at radius 1 is 1.10 bits per heavy atom. The second-order valence-electron chi connectivity index (χ2n) is 7.31. The van der Waals surface area contributed by atoms with Crippen molar-refractivity contribution in [1.82, 2.24) is 4.98 Å². The molecule has 0 aliphatic rings. The van der Waals surface area contributed by atoms with E-state index in [4.69, 9.17) is 5.11 Å². The molecule has 1 amide bonds. The van der Waals surface area contributed by atoms with E-state index in [-0.39, 0.29) is 5.91 Å². The van der Waals surface area contributed by atoms with Gasteiger partial charge in [0.2, 0.25) is 5.91 Å². The van der Waals surface area contributed by atoms with Gasteiger partial charge in [0.05, 0.1) is 23.3 Å². The summed E-state index contributed by atoms with van der Waals surface area (Å²) in [6, 6.07) is 17.5. The molecule has 0 bridgehead atoms. The number of allylic oxidation sites excluding steroid dienone is 3. The molecular weight excluding hydrogens is 390 g/mol. The normalized spacial score (nSPS) is 12.3. The number of carboxylic acids is 1. The van der Waals surface area contributed by atoms with Crippen molar-refractivity contribution < 1.29 is 14.7 Å². The van der Waals surface area contributed by atoms with Crippen molar-refractivity contribution in [2.75, 3.05) is 24.3 Å². The number of pyridine rings is 1. The molecule has 0 radical (unpaired) electrons. The number of aromatic nitrogens is 1. The summed E-state index contributed by atoms with van der Waals surface area (Å²) >= 11 is 0. The number of aliphatic carboxylic acids is 1. The van der Waals surface area contributed by atoms with Gasteiger partial charge in [-0.1, -0.05) is 48.6 Å². The third-order valence-electron chi connectivity index (χ3n) is 4.84. The third kappa shape index (κ3) is 6.02. The van der Waals surface area contributed by atoms with E-state index in [0.717, 1.165) is 28.2 Å². The van der Waals surface area contributed by atoms with Gasteiger partial charge in [-0.05, 0) is 36.2 Å². The number of anilines is 2. The van der Waals surface area contributed by atoms with E-state index in [1.165, 1.54) is 6.08 Å². The summed E-state index contributed by atoms with van der Waals surface area (Å²) in [7, 11) is 3.92. The topological polar surface area (TPSA) is 82.5 Å². The van der Waals surface area contributed by atoms with E-state index in [1.807, 2.05) is 73.6 Å². The first-order valence-electron chi connectivity index (χ1n) is 9.93. The number of nitrogens with one attached hydrogen (secondary N) is 1. The number of nitrogens with zero attached hydrogens (tertiary/aromatic N) is 2. The maximum Gasteiger partial charge on any atom is 0.328 e. The Kier molecular flexibility index (Phi) is 7.17. The lowest BCUT2D eigenvalue weighted by Gasteiger charge is -2.18. The Balaban J connectivity index is 1.82. The van der Waals surface area contributed by atoms with Crippen molar-refractivity contribution in [3.05, 3.63) is 90.7 Å². The standard InChI is InChI=1S/C25H25N3O3/c1-28(2)21-14-12-18(13-15-21)22(9-4-3-5-11-24(29)30)25(31)27-20-16-19-8-6-7-10-23(19)26-17-20/h3-8,10-17,22H,9H2,1-2H3,(H,27,31)(H,29,30)/t22-/m0/s1. The summed E-state index contributed by atoms with van der Waals surface area (Å²) in [5.41, 5.74) is 3.42. The molecule has 2 N–H and O–H groups in total. The number of hydrogen-bond acceptors (Lipinski definition) is 4. The molecule has 0 spiro atoms. The highest BCUT2D eigenvalue weighted by atomic mass is 16.4. The highest BCUT2D eigenvalue weighted by Crippen LogP contribution is 2.25. The minimum Gasteiger partial charge on any atom is -0.478 e. The molecule has 1 heterocycles. The predicted molar refractivity (Wildman–Crippen MR) is 124 cm³/mol. The fourth-order valence-corrected chi connectivity index (χ4v) is 3.20. The lowest BCUT2D eigenvalue weighted by Crippen LogP contribution is -2.21. The zero-order valence-corrected chi connectivity index (χ0v) is 17.5. The molecule has 2 aromatic carbocycles. The van der Waals surface area contributed by atoms with Crippen LogP contribution in [0.15, 0.2) is 85.1 Å². The summed E-state index contributed by atoms with van der Waals surface area (Å²) < 4.78 is 0. The van der Waals surface area contributed by atoms with E-state index >= 15 is 0 Å². The zero-order valence-electron chi connectivity index (χ0n) is 17.5. The van der Waals surface area contributed by atoms with E-state index < -0.39 is 11.9 Å². The molecule has 0 unspecified atom stereocenters. The van der Waals surface area contributed by atoms with Gasteiger partial charge in [0, 0.05) is 31.2 Å². The van der Waals surface area contributed by atoms with Crippen LogP contribution in [0.4, 0.5) is 11.4 Å². The fourth-order valence-electron chi connectivity index (χ4n) is 3.20. The maximum atomic E-state index is 13.1. The van der Waals surface area contributed by atoms with E-state index in [0.29, 0.717) is 12.1 Å². The summed E-state index contributed by atoms with van der Waals surface area (Å²) in [4.78, 5) is 30.2. The van der Waals surface area contributed by atoms with Crippen molar-refractivity contribution in [2.45, 2.75) is 12.3 Å². The zero-order chi connectivity index (χ0) is 22.2. The summed E-state index contributed by atoms with van der Waals surface area (Å²) in [5.74, 6) is -1.60. The number of carbonyl (C=O) groups is 2. The molecule has 31 heavy (non-hydrogen) atoms. The summed E-state index contributed by atoms with van der Waals surface area (Å²) in [6.07, 6.45) is 8.01. The van der Waals surface area contributed by atoms with Gasteiger partial charge in [0.15, 0.2) is 0 Å². The largest absolute Gasteiger partial charge is 0.478 e. The molecule has 3 rings (SSSR count). The molecule has 3 aromatic rings. The van der Waals surface area contributed by atoms with Crippen LogP contribution >= 0.6 is 0 Å². The van der Waals surface area contributed by atoms with Gasteiger partial charge in [-0.25, -0.2) is 4.79 Å². The molecule has 0 saturated carbocycles. The second-order valence-corrected chi connectivity index (χ2v) is 7.31. The molecule has 0 aliphatic heterocycles. The van der Waals surface area contributed by atoms with Gasteiger partial charge < -0.3 is 15.3 Å². The van der Waals surface area contributed by atoms with Crippen LogP contribution in [0.2, 0.25) is 0 Å². The Bertz CT molecular complexity index is 1120. The van der Waals surface area contributed by atoms with Crippen LogP contribution in [-0.4, -0.2) is 36.1 Å². The molecular formula is C25H25N3O3. The lowest BCUT2D eigenvalue weighted by molar-refractivity contribution is -0.131. The third-order valence-corrected chi connectivity index (χ3v) is 4.84. The Hall–Kier alpha value is -3.93. The Morgan fingerprint density at radius 3 is 2.55 bits per heavy atom. The van der Waals surface area contributed by atoms with Crippen molar-refractivity contribution in [3.63, 3.8) is 0 Å². The number of amides is 1. The number of para-hydroxylation sites is 1. The van der Waals surface area contributed by atoms with Gasteiger partial charge in [-0.15, -0.1) is 0 Å². The van der Waals surface area contributed by atoms with Crippen LogP contribution in [-0.2, 0) is 9.59 Å². The molecule has 0 saturated heterocycles. The van der Waals surface area contributed by atoms with Crippen molar-refractivity contribution in [1.29, 1.82) is 0 Å². The Morgan fingerprint density at radius 2 is 1.84 bits per heavy atom. The molecule has 158 valence electrons. The van der Waals surface area contributed by atoms with E-state index in [2.05, 4.69) is 10.3 Å². The van der Waals surface area contributed by atoms with Gasteiger partial charge >= 0.3 is 5.97 Å². The quantitative estimate of drug-likeness (QED) is 0.415. The second kappa shape index (κ2) is 10.2. The molecule has 1 atom stereocenters. The number of rotatable bonds is 8. The minimum absolute atomic E-state index is 0.151. The van der Waals surface area contributed by atoms with Crippen molar-refractivity contribution in [3.8, 4) is 0 Å². The number of hydrogen-bond donors (Lipinski definition) is 2.